The van der Waals surface area contributed by atoms with Crippen LogP contribution in [0.1, 0.15) is 16.7 Å². The van der Waals surface area contributed by atoms with E-state index in [0.717, 1.165) is 17.7 Å². The summed E-state index contributed by atoms with van der Waals surface area (Å²) in [5, 5.41) is 4.00. The van der Waals surface area contributed by atoms with Gasteiger partial charge < -0.3 is 5.32 Å². The van der Waals surface area contributed by atoms with Crippen molar-refractivity contribution in [2.75, 3.05) is 0 Å². The summed E-state index contributed by atoms with van der Waals surface area (Å²) in [6.45, 7) is 0.831. The lowest BCUT2D eigenvalue weighted by molar-refractivity contribution is -0.137. The van der Waals surface area contributed by atoms with E-state index in [0.29, 0.717) is 28.7 Å². The highest BCUT2D eigenvalue weighted by Gasteiger charge is 2.30. The molecule has 1 nitrogen and oxygen atoms in total. The van der Waals surface area contributed by atoms with Crippen molar-refractivity contribution in [3.05, 3.63) is 69.2 Å². The van der Waals surface area contributed by atoms with Gasteiger partial charge in [0, 0.05) is 13.1 Å². The molecule has 0 radical (unpaired) electrons. The zero-order valence-corrected chi connectivity index (χ0v) is 12.4. The normalized spacial score (nSPS) is 11.7. The second-order valence-corrected chi connectivity index (χ2v) is 5.36. The Kier molecular flexibility index (Phi) is 5.14. The number of alkyl halides is 3. The second-order valence-electron chi connectivity index (χ2n) is 4.55. The molecule has 6 heteroatoms. The van der Waals surface area contributed by atoms with Gasteiger partial charge in [-0.25, -0.2) is 0 Å². The van der Waals surface area contributed by atoms with E-state index < -0.39 is 11.7 Å². The van der Waals surface area contributed by atoms with Crippen LogP contribution in [0, 0.1) is 0 Å². The van der Waals surface area contributed by atoms with Gasteiger partial charge >= 0.3 is 6.18 Å². The van der Waals surface area contributed by atoms with Crippen LogP contribution in [-0.4, -0.2) is 0 Å². The highest BCUT2D eigenvalue weighted by atomic mass is 35.5. The second kappa shape index (κ2) is 6.69. The summed E-state index contributed by atoms with van der Waals surface area (Å²) in [5.74, 6) is 0. The van der Waals surface area contributed by atoms with E-state index in [9.17, 15) is 13.2 Å². The van der Waals surface area contributed by atoms with Crippen molar-refractivity contribution in [1.82, 2.24) is 5.32 Å². The van der Waals surface area contributed by atoms with Crippen LogP contribution in [0.25, 0.3) is 0 Å². The maximum Gasteiger partial charge on any atom is 0.416 e. The van der Waals surface area contributed by atoms with Gasteiger partial charge in [-0.2, -0.15) is 13.2 Å². The summed E-state index contributed by atoms with van der Waals surface area (Å²) in [4.78, 5) is 0. The Hall–Kier alpha value is -1.23. The van der Waals surface area contributed by atoms with Crippen LogP contribution in [0.15, 0.2) is 42.5 Å². The molecule has 0 saturated carbocycles. The van der Waals surface area contributed by atoms with Crippen molar-refractivity contribution < 1.29 is 13.2 Å². The molecule has 1 N–H and O–H groups in total. The summed E-state index contributed by atoms with van der Waals surface area (Å²) >= 11 is 11.7. The number of benzene rings is 2. The van der Waals surface area contributed by atoms with Crippen LogP contribution in [0.5, 0.6) is 0 Å². The lowest BCUT2D eigenvalue weighted by atomic mass is 10.1. The topological polar surface area (TPSA) is 12.0 Å². The Morgan fingerprint density at radius 2 is 1.52 bits per heavy atom. The van der Waals surface area contributed by atoms with Crippen LogP contribution in [0.2, 0.25) is 10.0 Å². The van der Waals surface area contributed by atoms with Gasteiger partial charge in [0.05, 0.1) is 15.6 Å². The first-order valence-electron chi connectivity index (χ1n) is 6.17. The number of hydrogen-bond acceptors (Lipinski definition) is 1. The molecule has 0 heterocycles. The smallest absolute Gasteiger partial charge is 0.309 e. The fourth-order valence-electron chi connectivity index (χ4n) is 1.86. The van der Waals surface area contributed by atoms with Gasteiger partial charge in [0.25, 0.3) is 0 Å². The monoisotopic (exact) mass is 333 g/mol. The van der Waals surface area contributed by atoms with Crippen LogP contribution in [-0.2, 0) is 19.3 Å². The van der Waals surface area contributed by atoms with E-state index in [-0.39, 0.29) is 0 Å². The highest BCUT2D eigenvalue weighted by molar-refractivity contribution is 6.42. The SMILES string of the molecule is FC(F)(F)c1cccc(CNCc2ccc(Cl)c(Cl)c2)c1. The Morgan fingerprint density at radius 1 is 0.857 bits per heavy atom. The largest absolute Gasteiger partial charge is 0.416 e. The van der Waals surface area contributed by atoms with E-state index in [1.807, 2.05) is 6.07 Å². The fraction of sp³-hybridized carbons (Fsp3) is 0.200. The lowest BCUT2D eigenvalue weighted by Crippen LogP contribution is -2.13. The van der Waals surface area contributed by atoms with Gasteiger partial charge in [0.2, 0.25) is 0 Å². The highest BCUT2D eigenvalue weighted by Crippen LogP contribution is 2.29. The van der Waals surface area contributed by atoms with E-state index in [4.69, 9.17) is 23.2 Å². The van der Waals surface area contributed by atoms with Crippen molar-refractivity contribution in [1.29, 1.82) is 0 Å². The summed E-state index contributed by atoms with van der Waals surface area (Å²) < 4.78 is 37.8. The van der Waals surface area contributed by atoms with Gasteiger partial charge in [0.1, 0.15) is 0 Å². The standard InChI is InChI=1S/C15H12Cl2F3N/c16-13-5-4-11(7-14(13)17)9-21-8-10-2-1-3-12(6-10)15(18,19)20/h1-7,21H,8-9H2. The number of hydrogen-bond donors (Lipinski definition) is 1. The number of nitrogens with one attached hydrogen (secondary N) is 1. The van der Waals surface area contributed by atoms with Crippen molar-refractivity contribution in [3.63, 3.8) is 0 Å². The molecule has 0 spiro atoms. The summed E-state index contributed by atoms with van der Waals surface area (Å²) in [7, 11) is 0. The average molecular weight is 334 g/mol. The van der Waals surface area contributed by atoms with Crippen LogP contribution in [0.3, 0.4) is 0 Å². The van der Waals surface area contributed by atoms with Gasteiger partial charge in [-0.05, 0) is 29.3 Å². The van der Waals surface area contributed by atoms with E-state index in [1.165, 1.54) is 6.07 Å². The molecule has 0 aliphatic carbocycles. The Balaban J connectivity index is 1.96. The molecule has 2 aromatic rings. The zero-order valence-electron chi connectivity index (χ0n) is 10.8. The minimum atomic E-state index is -4.32. The summed E-state index contributed by atoms with van der Waals surface area (Å²) in [6, 6.07) is 10.5. The molecule has 0 amide bonds. The predicted molar refractivity (Wildman–Crippen MR) is 78.4 cm³/mol. The van der Waals surface area contributed by atoms with Gasteiger partial charge in [0.15, 0.2) is 0 Å². The van der Waals surface area contributed by atoms with E-state index in [1.54, 1.807) is 18.2 Å². The molecule has 0 saturated heterocycles. The van der Waals surface area contributed by atoms with Crippen molar-refractivity contribution in [2.45, 2.75) is 19.3 Å². The molecule has 0 unspecified atom stereocenters. The molecule has 112 valence electrons. The molecule has 0 fully saturated rings. The quantitative estimate of drug-likeness (QED) is 0.800. The maximum absolute atomic E-state index is 12.6. The maximum atomic E-state index is 12.6. The molecular weight excluding hydrogens is 322 g/mol. The first-order chi connectivity index (χ1) is 9.86. The lowest BCUT2D eigenvalue weighted by Gasteiger charge is -2.10. The molecule has 21 heavy (non-hydrogen) atoms. The van der Waals surface area contributed by atoms with Gasteiger partial charge in [-0.1, -0.05) is 47.5 Å². The molecule has 0 aromatic heterocycles. The third-order valence-corrected chi connectivity index (χ3v) is 3.64. The van der Waals surface area contributed by atoms with E-state index in [2.05, 4.69) is 5.32 Å². The first kappa shape index (κ1) is 16.1. The molecule has 0 atom stereocenters. The molecule has 0 aliphatic rings. The van der Waals surface area contributed by atoms with Crippen molar-refractivity contribution in [2.24, 2.45) is 0 Å². The minimum absolute atomic E-state index is 0.337. The summed E-state index contributed by atoms with van der Waals surface area (Å²) in [6.07, 6.45) is -4.32. The Labute approximate surface area is 130 Å². The third kappa shape index (κ3) is 4.63. The third-order valence-electron chi connectivity index (χ3n) is 2.90. The van der Waals surface area contributed by atoms with Crippen LogP contribution < -0.4 is 5.32 Å². The Morgan fingerprint density at radius 3 is 2.14 bits per heavy atom. The van der Waals surface area contributed by atoms with Gasteiger partial charge in [-0.3, -0.25) is 0 Å². The molecule has 0 aliphatic heterocycles. The van der Waals surface area contributed by atoms with Crippen LogP contribution >= 0.6 is 23.2 Å². The van der Waals surface area contributed by atoms with Crippen molar-refractivity contribution in [3.8, 4) is 0 Å². The fourth-order valence-corrected chi connectivity index (χ4v) is 2.18. The van der Waals surface area contributed by atoms with E-state index >= 15 is 0 Å². The van der Waals surface area contributed by atoms with Crippen molar-refractivity contribution >= 4 is 23.2 Å². The number of halogens is 5. The minimum Gasteiger partial charge on any atom is -0.309 e. The molecular formula is C15H12Cl2F3N. The van der Waals surface area contributed by atoms with Gasteiger partial charge in [-0.15, -0.1) is 0 Å². The Bertz CT molecular complexity index is 627. The number of rotatable bonds is 4. The molecule has 2 rings (SSSR count). The molecule has 0 bridgehead atoms. The summed E-state index contributed by atoms with van der Waals surface area (Å²) in [5.41, 5.74) is 0.845. The average Bonchev–Trinajstić information content (AvgIpc) is 2.42. The predicted octanol–water partition coefficient (Wildman–Crippen LogP) is 5.30. The van der Waals surface area contributed by atoms with Crippen LogP contribution in [0.4, 0.5) is 13.2 Å². The zero-order chi connectivity index (χ0) is 15.5. The molecule has 2 aromatic carbocycles. The first-order valence-corrected chi connectivity index (χ1v) is 6.92.